The summed E-state index contributed by atoms with van der Waals surface area (Å²) in [5.74, 6) is 0.360. The zero-order valence-electron chi connectivity index (χ0n) is 18.7. The molecule has 32 heavy (non-hydrogen) atoms. The summed E-state index contributed by atoms with van der Waals surface area (Å²) in [5.41, 5.74) is 4.77. The maximum atomic E-state index is 13.3. The fourth-order valence-electron chi connectivity index (χ4n) is 4.94. The lowest BCUT2D eigenvalue weighted by Gasteiger charge is -2.39. The molecule has 0 aliphatic carbocycles. The van der Waals surface area contributed by atoms with Gasteiger partial charge in [0.2, 0.25) is 5.91 Å². The van der Waals surface area contributed by atoms with Gasteiger partial charge in [-0.3, -0.25) is 4.79 Å². The Hall–Kier alpha value is -2.31. The molecule has 3 aromatic rings. The second kappa shape index (κ2) is 8.91. The standard InChI is InChI=1S/C25H29ClN4OS/c1-17-14-18(2)23-22(15-17)32-25(27-23)30-9-3-4-19(16-30)24(31)29-12-10-28(11-13-29)21-7-5-20(26)6-8-21/h5-8,14-15,19H,3-4,9-13,16H2,1-2H3/t19-/m1/s1. The highest BCUT2D eigenvalue weighted by Gasteiger charge is 2.32. The smallest absolute Gasteiger partial charge is 0.227 e. The summed E-state index contributed by atoms with van der Waals surface area (Å²) >= 11 is 7.77. The van der Waals surface area contributed by atoms with Crippen LogP contribution in [0.15, 0.2) is 36.4 Å². The number of fused-ring (bicyclic) bond motifs is 1. The molecule has 2 saturated heterocycles. The van der Waals surface area contributed by atoms with Crippen LogP contribution in [0.2, 0.25) is 5.02 Å². The predicted molar refractivity (Wildman–Crippen MR) is 134 cm³/mol. The highest BCUT2D eigenvalue weighted by atomic mass is 35.5. The van der Waals surface area contributed by atoms with E-state index in [0.717, 1.165) is 67.8 Å². The zero-order valence-corrected chi connectivity index (χ0v) is 20.3. The number of thiazole rings is 1. The van der Waals surface area contributed by atoms with Crippen LogP contribution in [-0.4, -0.2) is 55.1 Å². The summed E-state index contributed by atoms with van der Waals surface area (Å²) in [4.78, 5) is 25.0. The van der Waals surface area contributed by atoms with E-state index in [4.69, 9.17) is 16.6 Å². The molecule has 2 fully saturated rings. The first-order valence-corrected chi connectivity index (χ1v) is 12.6. The number of aromatic nitrogens is 1. The van der Waals surface area contributed by atoms with Crippen molar-refractivity contribution in [1.29, 1.82) is 0 Å². The minimum atomic E-state index is 0.0562. The average molecular weight is 469 g/mol. The normalized spacial score (nSPS) is 19.6. The van der Waals surface area contributed by atoms with E-state index in [1.54, 1.807) is 11.3 Å². The molecule has 7 heteroatoms. The van der Waals surface area contributed by atoms with Crippen LogP contribution < -0.4 is 9.80 Å². The molecule has 1 amide bonds. The fraction of sp³-hybridized carbons (Fsp3) is 0.440. The van der Waals surface area contributed by atoms with Crippen molar-refractivity contribution in [2.75, 3.05) is 49.1 Å². The minimum Gasteiger partial charge on any atom is -0.368 e. The number of piperidine rings is 1. The third kappa shape index (κ3) is 4.30. The van der Waals surface area contributed by atoms with E-state index in [2.05, 4.69) is 52.8 Å². The first-order valence-electron chi connectivity index (χ1n) is 11.4. The van der Waals surface area contributed by atoms with Crippen molar-refractivity contribution in [1.82, 2.24) is 9.88 Å². The summed E-state index contributed by atoms with van der Waals surface area (Å²) in [7, 11) is 0. The number of hydrogen-bond donors (Lipinski definition) is 0. The van der Waals surface area contributed by atoms with Crippen LogP contribution in [0.3, 0.4) is 0 Å². The highest BCUT2D eigenvalue weighted by Crippen LogP contribution is 2.34. The van der Waals surface area contributed by atoms with Gasteiger partial charge in [-0.2, -0.15) is 0 Å². The Morgan fingerprint density at radius 3 is 2.53 bits per heavy atom. The first-order chi connectivity index (χ1) is 15.5. The van der Waals surface area contributed by atoms with E-state index in [0.29, 0.717) is 5.91 Å². The third-order valence-corrected chi connectivity index (χ3v) is 7.96. The number of anilines is 2. The second-order valence-electron chi connectivity index (χ2n) is 9.00. The van der Waals surface area contributed by atoms with Gasteiger partial charge in [0.15, 0.2) is 5.13 Å². The first kappa shape index (κ1) is 21.5. The maximum Gasteiger partial charge on any atom is 0.227 e. The molecule has 168 valence electrons. The molecule has 0 saturated carbocycles. The van der Waals surface area contributed by atoms with Crippen LogP contribution in [0, 0.1) is 19.8 Å². The Morgan fingerprint density at radius 2 is 1.78 bits per heavy atom. The highest BCUT2D eigenvalue weighted by molar-refractivity contribution is 7.22. The number of amides is 1. The topological polar surface area (TPSA) is 39.7 Å². The minimum absolute atomic E-state index is 0.0562. The average Bonchev–Trinajstić information content (AvgIpc) is 3.24. The molecule has 2 aliphatic rings. The van der Waals surface area contributed by atoms with E-state index in [1.807, 2.05) is 12.1 Å². The molecule has 2 aromatic carbocycles. The number of piperazine rings is 1. The second-order valence-corrected chi connectivity index (χ2v) is 10.4. The molecule has 5 nitrogen and oxygen atoms in total. The molecule has 0 bridgehead atoms. The van der Waals surface area contributed by atoms with Crippen molar-refractivity contribution in [2.24, 2.45) is 5.92 Å². The number of hydrogen-bond acceptors (Lipinski definition) is 5. The quantitative estimate of drug-likeness (QED) is 0.534. The number of rotatable bonds is 3. The van der Waals surface area contributed by atoms with Gasteiger partial charge in [0, 0.05) is 50.0 Å². The van der Waals surface area contributed by atoms with Crippen molar-refractivity contribution in [3.8, 4) is 0 Å². The number of carbonyl (C=O) groups is 1. The molecule has 2 aliphatic heterocycles. The van der Waals surface area contributed by atoms with Crippen LogP contribution in [0.5, 0.6) is 0 Å². The largest absolute Gasteiger partial charge is 0.368 e. The van der Waals surface area contributed by atoms with Crippen LogP contribution >= 0.6 is 22.9 Å². The summed E-state index contributed by atoms with van der Waals surface area (Å²) in [6.07, 6.45) is 2.00. The van der Waals surface area contributed by atoms with Gasteiger partial charge >= 0.3 is 0 Å². The van der Waals surface area contributed by atoms with E-state index in [-0.39, 0.29) is 5.92 Å². The van der Waals surface area contributed by atoms with Crippen molar-refractivity contribution >= 4 is 49.9 Å². The maximum absolute atomic E-state index is 13.3. The Kier molecular flexibility index (Phi) is 5.99. The lowest BCUT2D eigenvalue weighted by molar-refractivity contribution is -0.136. The molecular weight excluding hydrogens is 440 g/mol. The van der Waals surface area contributed by atoms with Crippen molar-refractivity contribution < 1.29 is 4.79 Å². The van der Waals surface area contributed by atoms with Crippen molar-refractivity contribution in [2.45, 2.75) is 26.7 Å². The van der Waals surface area contributed by atoms with Gasteiger partial charge in [0.05, 0.1) is 16.1 Å². The van der Waals surface area contributed by atoms with E-state index in [9.17, 15) is 4.79 Å². The molecule has 3 heterocycles. The third-order valence-electron chi connectivity index (χ3n) is 6.64. The molecule has 1 aromatic heterocycles. The van der Waals surface area contributed by atoms with Crippen LogP contribution in [0.4, 0.5) is 10.8 Å². The molecule has 5 rings (SSSR count). The SMILES string of the molecule is Cc1cc(C)c2nc(N3CCC[C@@H](C(=O)N4CCN(c5ccc(Cl)cc5)CC4)C3)sc2c1. The summed E-state index contributed by atoms with van der Waals surface area (Å²) in [6, 6.07) is 12.4. The number of carbonyl (C=O) groups excluding carboxylic acids is 1. The van der Waals surface area contributed by atoms with Crippen LogP contribution in [-0.2, 0) is 4.79 Å². The summed E-state index contributed by atoms with van der Waals surface area (Å²) in [5, 5.41) is 1.81. The molecular formula is C25H29ClN4OS. The molecule has 0 radical (unpaired) electrons. The lowest BCUT2D eigenvalue weighted by Crippen LogP contribution is -2.52. The Labute approximate surface area is 198 Å². The van der Waals surface area contributed by atoms with Crippen molar-refractivity contribution in [3.63, 3.8) is 0 Å². The molecule has 1 atom stereocenters. The number of aryl methyl sites for hydroxylation is 2. The van der Waals surface area contributed by atoms with Gasteiger partial charge in [0.1, 0.15) is 0 Å². The Balaban J connectivity index is 1.23. The van der Waals surface area contributed by atoms with Gasteiger partial charge in [-0.05, 0) is 68.1 Å². The Morgan fingerprint density at radius 1 is 1.03 bits per heavy atom. The van der Waals surface area contributed by atoms with Gasteiger partial charge < -0.3 is 14.7 Å². The number of nitrogens with zero attached hydrogens (tertiary/aromatic N) is 4. The van der Waals surface area contributed by atoms with Gasteiger partial charge in [-0.1, -0.05) is 29.0 Å². The monoisotopic (exact) mass is 468 g/mol. The molecule has 0 spiro atoms. The summed E-state index contributed by atoms with van der Waals surface area (Å²) < 4.78 is 1.24. The van der Waals surface area contributed by atoms with E-state index < -0.39 is 0 Å². The van der Waals surface area contributed by atoms with Gasteiger partial charge in [-0.15, -0.1) is 0 Å². The van der Waals surface area contributed by atoms with Crippen LogP contribution in [0.1, 0.15) is 24.0 Å². The van der Waals surface area contributed by atoms with Crippen LogP contribution in [0.25, 0.3) is 10.2 Å². The van der Waals surface area contributed by atoms with E-state index in [1.165, 1.54) is 21.5 Å². The fourth-order valence-corrected chi connectivity index (χ4v) is 6.24. The van der Waals surface area contributed by atoms with Gasteiger partial charge in [0.25, 0.3) is 0 Å². The number of benzene rings is 2. The van der Waals surface area contributed by atoms with Gasteiger partial charge in [-0.25, -0.2) is 4.98 Å². The van der Waals surface area contributed by atoms with E-state index >= 15 is 0 Å². The number of halogens is 1. The predicted octanol–water partition coefficient (Wildman–Crippen LogP) is 5.13. The summed E-state index contributed by atoms with van der Waals surface area (Å²) in [6.45, 7) is 9.29. The zero-order chi connectivity index (χ0) is 22.2. The molecule has 0 N–H and O–H groups in total. The van der Waals surface area contributed by atoms with Crippen molar-refractivity contribution in [3.05, 3.63) is 52.5 Å². The lowest BCUT2D eigenvalue weighted by atomic mass is 9.96. The molecule has 0 unspecified atom stereocenters. The Bertz CT molecular complexity index is 1120.